The number of ether oxygens (including phenoxy) is 3. The van der Waals surface area contributed by atoms with Gasteiger partial charge >= 0.3 is 0 Å². The first-order valence-corrected chi connectivity index (χ1v) is 8.25. The van der Waals surface area contributed by atoms with Crippen LogP contribution < -0.4 is 9.47 Å². The van der Waals surface area contributed by atoms with Gasteiger partial charge in [0.25, 0.3) is 0 Å². The molecule has 2 aromatic carbocycles. The molecule has 0 radical (unpaired) electrons. The molecule has 0 amide bonds. The van der Waals surface area contributed by atoms with Crippen molar-refractivity contribution in [2.45, 2.75) is 12.8 Å². The summed E-state index contributed by atoms with van der Waals surface area (Å²) in [5.74, 6) is 1.81. The first-order chi connectivity index (χ1) is 11.3. The lowest BCUT2D eigenvalue weighted by Gasteiger charge is -2.26. The normalized spacial score (nSPS) is 15.7. The van der Waals surface area contributed by atoms with E-state index in [1.165, 1.54) is 10.9 Å². The Morgan fingerprint density at radius 2 is 1.83 bits per heavy atom. The summed E-state index contributed by atoms with van der Waals surface area (Å²) < 4.78 is 16.3. The Hall–Kier alpha value is -1.78. The third-order valence-corrected chi connectivity index (χ3v) is 4.52. The van der Waals surface area contributed by atoms with Crippen molar-refractivity contribution in [3.8, 4) is 11.5 Å². The summed E-state index contributed by atoms with van der Waals surface area (Å²) in [6, 6.07) is 10.4. The van der Waals surface area contributed by atoms with E-state index in [0.717, 1.165) is 62.6 Å². The van der Waals surface area contributed by atoms with E-state index in [-0.39, 0.29) is 0 Å². The van der Waals surface area contributed by atoms with Crippen molar-refractivity contribution >= 4 is 10.8 Å². The summed E-state index contributed by atoms with van der Waals surface area (Å²) in [6.45, 7) is 4.96. The lowest BCUT2D eigenvalue weighted by atomic mass is 9.99. The second-order valence-corrected chi connectivity index (χ2v) is 5.90. The van der Waals surface area contributed by atoms with Crippen molar-refractivity contribution in [2.75, 3.05) is 47.1 Å². The lowest BCUT2D eigenvalue weighted by Crippen LogP contribution is -2.36. The Morgan fingerprint density at radius 3 is 2.57 bits per heavy atom. The number of aryl methyl sites for hydroxylation is 1. The van der Waals surface area contributed by atoms with Gasteiger partial charge in [-0.3, -0.25) is 4.90 Å². The van der Waals surface area contributed by atoms with Crippen molar-refractivity contribution in [1.29, 1.82) is 0 Å². The highest BCUT2D eigenvalue weighted by Gasteiger charge is 2.11. The second-order valence-electron chi connectivity index (χ2n) is 5.90. The Kier molecular flexibility index (Phi) is 5.36. The minimum absolute atomic E-state index is 0.864. The van der Waals surface area contributed by atoms with Crippen LogP contribution in [-0.2, 0) is 11.2 Å². The molecule has 124 valence electrons. The van der Waals surface area contributed by atoms with Crippen molar-refractivity contribution in [1.82, 2.24) is 4.90 Å². The van der Waals surface area contributed by atoms with Gasteiger partial charge in [0.15, 0.2) is 0 Å². The third-order valence-electron chi connectivity index (χ3n) is 4.52. The number of hydrogen-bond acceptors (Lipinski definition) is 4. The van der Waals surface area contributed by atoms with E-state index in [1.807, 2.05) is 6.07 Å². The van der Waals surface area contributed by atoms with Crippen LogP contribution in [0.2, 0.25) is 0 Å². The predicted octanol–water partition coefficient (Wildman–Crippen LogP) is 3.12. The quantitative estimate of drug-likeness (QED) is 0.819. The molecule has 4 heteroatoms. The summed E-state index contributed by atoms with van der Waals surface area (Å²) in [5.41, 5.74) is 1.35. The molecule has 1 aliphatic rings. The van der Waals surface area contributed by atoms with E-state index >= 15 is 0 Å². The zero-order chi connectivity index (χ0) is 16.1. The summed E-state index contributed by atoms with van der Waals surface area (Å²) in [7, 11) is 3.43. The predicted molar refractivity (Wildman–Crippen MR) is 92.6 cm³/mol. The summed E-state index contributed by atoms with van der Waals surface area (Å²) in [4.78, 5) is 2.48. The van der Waals surface area contributed by atoms with Gasteiger partial charge < -0.3 is 14.2 Å². The van der Waals surface area contributed by atoms with Crippen LogP contribution in [-0.4, -0.2) is 52.0 Å². The van der Waals surface area contributed by atoms with Gasteiger partial charge in [0, 0.05) is 18.5 Å². The molecule has 0 aliphatic carbocycles. The molecule has 0 saturated carbocycles. The van der Waals surface area contributed by atoms with Gasteiger partial charge in [-0.2, -0.15) is 0 Å². The molecule has 1 heterocycles. The number of hydrogen-bond donors (Lipinski definition) is 0. The minimum Gasteiger partial charge on any atom is -0.497 e. The average molecular weight is 315 g/mol. The third kappa shape index (κ3) is 3.77. The summed E-state index contributed by atoms with van der Waals surface area (Å²) in [5, 5.41) is 2.38. The average Bonchev–Trinajstić information content (AvgIpc) is 2.62. The van der Waals surface area contributed by atoms with Crippen LogP contribution in [0.1, 0.15) is 12.0 Å². The number of morpholine rings is 1. The lowest BCUT2D eigenvalue weighted by molar-refractivity contribution is 0.0375. The van der Waals surface area contributed by atoms with Gasteiger partial charge in [0.1, 0.15) is 11.5 Å². The molecule has 2 aromatic rings. The summed E-state index contributed by atoms with van der Waals surface area (Å²) in [6.07, 6.45) is 2.21. The monoisotopic (exact) mass is 315 g/mol. The van der Waals surface area contributed by atoms with Crippen molar-refractivity contribution in [3.05, 3.63) is 35.9 Å². The Labute approximate surface area is 137 Å². The summed E-state index contributed by atoms with van der Waals surface area (Å²) >= 11 is 0. The van der Waals surface area contributed by atoms with Crippen molar-refractivity contribution in [3.63, 3.8) is 0 Å². The molecule has 1 aliphatic heterocycles. The minimum atomic E-state index is 0.864. The van der Waals surface area contributed by atoms with Gasteiger partial charge in [0.05, 0.1) is 27.4 Å². The van der Waals surface area contributed by atoms with E-state index in [0.29, 0.717) is 0 Å². The zero-order valence-corrected chi connectivity index (χ0v) is 14.0. The molecule has 0 atom stereocenters. The molecule has 23 heavy (non-hydrogen) atoms. The molecule has 1 saturated heterocycles. The smallest absolute Gasteiger partial charge is 0.126 e. The van der Waals surface area contributed by atoms with Gasteiger partial charge in [-0.15, -0.1) is 0 Å². The van der Waals surface area contributed by atoms with Gasteiger partial charge in [-0.1, -0.05) is 6.07 Å². The van der Waals surface area contributed by atoms with Crippen LogP contribution >= 0.6 is 0 Å². The van der Waals surface area contributed by atoms with E-state index in [1.54, 1.807) is 14.2 Å². The van der Waals surface area contributed by atoms with Gasteiger partial charge in [-0.05, 0) is 54.6 Å². The molecule has 1 fully saturated rings. The molecular weight excluding hydrogens is 290 g/mol. The zero-order valence-electron chi connectivity index (χ0n) is 14.0. The first kappa shape index (κ1) is 16.1. The van der Waals surface area contributed by atoms with E-state index in [2.05, 4.69) is 29.2 Å². The van der Waals surface area contributed by atoms with E-state index in [9.17, 15) is 0 Å². The van der Waals surface area contributed by atoms with Gasteiger partial charge in [0.2, 0.25) is 0 Å². The standard InChI is InChI=1S/C19H25NO3/c1-21-16-6-7-17-18(14-16)15(5-8-19(17)22-2)4-3-9-20-10-12-23-13-11-20/h5-8,14H,3-4,9-13H2,1-2H3. The fourth-order valence-electron chi connectivity index (χ4n) is 3.20. The Balaban J connectivity index is 1.76. The number of methoxy groups -OCH3 is 2. The number of nitrogens with zero attached hydrogens (tertiary/aromatic N) is 1. The van der Waals surface area contributed by atoms with Crippen LogP contribution in [0, 0.1) is 0 Å². The van der Waals surface area contributed by atoms with E-state index < -0.39 is 0 Å². The van der Waals surface area contributed by atoms with Gasteiger partial charge in [-0.25, -0.2) is 0 Å². The molecular formula is C19H25NO3. The molecule has 0 bridgehead atoms. The number of fused-ring (bicyclic) bond motifs is 1. The maximum Gasteiger partial charge on any atom is 0.126 e. The van der Waals surface area contributed by atoms with Crippen molar-refractivity contribution in [2.24, 2.45) is 0 Å². The maximum atomic E-state index is 5.49. The molecule has 3 rings (SSSR count). The fraction of sp³-hybridized carbons (Fsp3) is 0.474. The van der Waals surface area contributed by atoms with Crippen LogP contribution in [0.5, 0.6) is 11.5 Å². The number of rotatable bonds is 6. The van der Waals surface area contributed by atoms with Crippen LogP contribution in [0.3, 0.4) is 0 Å². The Bertz CT molecular complexity index is 650. The topological polar surface area (TPSA) is 30.9 Å². The molecule has 0 aromatic heterocycles. The van der Waals surface area contributed by atoms with Crippen LogP contribution in [0.4, 0.5) is 0 Å². The van der Waals surface area contributed by atoms with Crippen molar-refractivity contribution < 1.29 is 14.2 Å². The van der Waals surface area contributed by atoms with Crippen LogP contribution in [0.25, 0.3) is 10.8 Å². The second kappa shape index (κ2) is 7.66. The molecule has 0 spiro atoms. The molecule has 0 N–H and O–H groups in total. The molecule has 4 nitrogen and oxygen atoms in total. The largest absolute Gasteiger partial charge is 0.497 e. The van der Waals surface area contributed by atoms with E-state index in [4.69, 9.17) is 14.2 Å². The van der Waals surface area contributed by atoms with Crippen LogP contribution in [0.15, 0.2) is 30.3 Å². The number of benzene rings is 2. The Morgan fingerprint density at radius 1 is 1.00 bits per heavy atom. The highest BCUT2D eigenvalue weighted by Crippen LogP contribution is 2.32. The highest BCUT2D eigenvalue weighted by atomic mass is 16.5. The molecule has 0 unspecified atom stereocenters. The first-order valence-electron chi connectivity index (χ1n) is 8.25. The SMILES string of the molecule is COc1ccc2c(OC)ccc(CCCN3CCOCC3)c2c1. The maximum absolute atomic E-state index is 5.49. The highest BCUT2D eigenvalue weighted by molar-refractivity contribution is 5.92. The fourth-order valence-corrected chi connectivity index (χ4v) is 3.20.